The highest BCUT2D eigenvalue weighted by Crippen LogP contribution is 2.03. The Kier molecular flexibility index (Phi) is 4.12. The molecule has 0 aliphatic carbocycles. The van der Waals surface area contributed by atoms with Gasteiger partial charge >= 0.3 is 0 Å². The van der Waals surface area contributed by atoms with Crippen LogP contribution < -0.4 is 4.98 Å². The molecule has 1 N–H and O–H groups in total. The first-order valence-electron chi connectivity index (χ1n) is 2.78. The molecule has 0 spiro atoms. The van der Waals surface area contributed by atoms with Gasteiger partial charge in [0, 0.05) is 6.92 Å². The minimum Gasteiger partial charge on any atom is -0.356 e. The maximum absolute atomic E-state index is 8.25. The van der Waals surface area contributed by atoms with Gasteiger partial charge < -0.3 is 15.3 Å². The molecule has 0 atom stereocenters. The van der Waals surface area contributed by atoms with Crippen LogP contribution in [-0.4, -0.2) is 5.09 Å². The molecule has 0 aromatic carbocycles. The lowest BCUT2D eigenvalue weighted by atomic mass is 10.4. The Morgan fingerprint density at radius 2 is 2.00 bits per heavy atom. The molecule has 0 radical (unpaired) electrons. The molecule has 1 aromatic rings. The van der Waals surface area contributed by atoms with Gasteiger partial charge in [0.1, 0.15) is 0 Å². The Bertz CT molecular complexity index is 215. The minimum atomic E-state index is -1.75. The Balaban J connectivity index is 0.000000218. The van der Waals surface area contributed by atoms with Crippen molar-refractivity contribution in [2.45, 2.75) is 13.8 Å². The number of aromatic nitrogens is 1. The van der Waals surface area contributed by atoms with E-state index in [0.29, 0.717) is 0 Å². The zero-order valence-corrected chi connectivity index (χ0v) is 6.97. The van der Waals surface area contributed by atoms with E-state index < -0.39 is 5.09 Å². The molecule has 11 heavy (non-hydrogen) atoms. The molecule has 0 aliphatic rings. The van der Waals surface area contributed by atoms with Gasteiger partial charge in [0.2, 0.25) is 5.51 Å². The van der Waals surface area contributed by atoms with Crippen LogP contribution in [-0.2, 0) is 0 Å². The third-order valence-corrected chi connectivity index (χ3v) is 1.93. The van der Waals surface area contributed by atoms with E-state index in [-0.39, 0.29) is 0 Å². The van der Waals surface area contributed by atoms with E-state index >= 15 is 0 Å². The predicted molar refractivity (Wildman–Crippen MR) is 40.7 cm³/mol. The van der Waals surface area contributed by atoms with Crippen molar-refractivity contribution in [1.29, 1.82) is 0 Å². The molecule has 5 nitrogen and oxygen atoms in total. The highest BCUT2D eigenvalue weighted by Gasteiger charge is 1.96. The Hall–Kier alpha value is -1.17. The summed E-state index contributed by atoms with van der Waals surface area (Å²) in [6.45, 7) is 4.18. The van der Waals surface area contributed by atoms with Crippen molar-refractivity contribution in [1.82, 2.24) is 0 Å². The highest BCUT2D eigenvalue weighted by molar-refractivity contribution is 7.09. The molecule has 0 aliphatic heterocycles. The van der Waals surface area contributed by atoms with Crippen LogP contribution in [0.1, 0.15) is 10.6 Å². The summed E-state index contributed by atoms with van der Waals surface area (Å²) in [7, 11) is 0. The molecule has 1 heterocycles. The van der Waals surface area contributed by atoms with Crippen molar-refractivity contribution in [2.75, 3.05) is 0 Å². The number of hydrogen-bond donors (Lipinski definition) is 0. The van der Waals surface area contributed by atoms with Gasteiger partial charge in [0.15, 0.2) is 5.69 Å². The van der Waals surface area contributed by atoms with E-state index in [1.165, 1.54) is 10.6 Å². The monoisotopic (exact) mass is 176 g/mol. The van der Waals surface area contributed by atoms with Crippen LogP contribution in [0.3, 0.4) is 0 Å². The summed E-state index contributed by atoms with van der Waals surface area (Å²) < 4.78 is 0. The standard InChI is InChI=1S/C5H7NS.NO3/c1-4-5(2)7-3-6-4;2-1(3)4/h3H,1-2H3;/q;-1/p+1. The highest BCUT2D eigenvalue weighted by atomic mass is 32.1. The van der Waals surface area contributed by atoms with Crippen molar-refractivity contribution < 1.29 is 10.1 Å². The van der Waals surface area contributed by atoms with Crippen molar-refractivity contribution in [3.05, 3.63) is 31.4 Å². The largest absolute Gasteiger partial charge is 0.356 e. The number of nitrogens with zero attached hydrogens (tertiary/aromatic N) is 1. The van der Waals surface area contributed by atoms with E-state index in [4.69, 9.17) is 15.3 Å². The second-order valence-electron chi connectivity index (χ2n) is 1.78. The van der Waals surface area contributed by atoms with Crippen LogP contribution >= 0.6 is 11.3 Å². The van der Waals surface area contributed by atoms with E-state index in [9.17, 15) is 0 Å². The number of aryl methyl sites for hydroxylation is 2. The van der Waals surface area contributed by atoms with Crippen LogP contribution in [0, 0.1) is 29.2 Å². The maximum atomic E-state index is 8.25. The lowest BCUT2D eigenvalue weighted by molar-refractivity contribution is -0.402. The molecule has 0 saturated carbocycles. The number of H-pyrrole nitrogens is 1. The second-order valence-corrected chi connectivity index (χ2v) is 2.87. The summed E-state index contributed by atoms with van der Waals surface area (Å²) in [5.41, 5.74) is 3.27. The molecule has 0 amide bonds. The predicted octanol–water partition coefficient (Wildman–Crippen LogP) is 0.940. The molecule has 1 rings (SSSR count). The first kappa shape index (κ1) is 9.83. The van der Waals surface area contributed by atoms with Gasteiger partial charge in [-0.25, -0.2) is 4.98 Å². The topological polar surface area (TPSA) is 80.3 Å². The average molecular weight is 176 g/mol. The number of nitrogens with one attached hydrogen (secondary N) is 1. The van der Waals surface area contributed by atoms with Gasteiger partial charge in [0.25, 0.3) is 0 Å². The Labute approximate surface area is 67.4 Å². The van der Waals surface area contributed by atoms with Crippen molar-refractivity contribution in [2.24, 2.45) is 0 Å². The van der Waals surface area contributed by atoms with E-state index in [1.54, 1.807) is 11.3 Å². The summed E-state index contributed by atoms with van der Waals surface area (Å²) >= 11 is 1.75. The fraction of sp³-hybridized carbons (Fsp3) is 0.400. The van der Waals surface area contributed by atoms with Gasteiger partial charge in [-0.2, -0.15) is 0 Å². The molecule has 62 valence electrons. The molecule has 0 fully saturated rings. The quantitative estimate of drug-likeness (QED) is 0.435. The van der Waals surface area contributed by atoms with E-state index in [2.05, 4.69) is 18.8 Å². The lowest BCUT2D eigenvalue weighted by Crippen LogP contribution is -1.98. The average Bonchev–Trinajstić information content (AvgIpc) is 2.15. The fourth-order valence-electron chi connectivity index (χ4n) is 0.396. The first-order chi connectivity index (χ1) is 5.04. The molecule has 0 unspecified atom stereocenters. The SMILES string of the molecule is Cc1[nH+]csc1C.O=[N+]([O-])[O-]. The lowest BCUT2D eigenvalue weighted by Gasteiger charge is -1.74. The molecule has 6 heteroatoms. The summed E-state index contributed by atoms with van der Waals surface area (Å²) in [4.78, 5) is 12.7. The summed E-state index contributed by atoms with van der Waals surface area (Å²) in [5.74, 6) is 0. The summed E-state index contributed by atoms with van der Waals surface area (Å²) in [6, 6.07) is 0. The fourth-order valence-corrected chi connectivity index (χ4v) is 1.04. The van der Waals surface area contributed by atoms with E-state index in [1.807, 2.05) is 5.51 Å². The number of rotatable bonds is 0. The minimum absolute atomic E-state index is 1.28. The smallest absolute Gasteiger partial charge is 0.223 e. The summed E-state index contributed by atoms with van der Waals surface area (Å²) in [5, 5.41) is 14.8. The van der Waals surface area contributed by atoms with Crippen LogP contribution in [0.25, 0.3) is 0 Å². The van der Waals surface area contributed by atoms with Gasteiger partial charge in [-0.1, -0.05) is 11.3 Å². The third kappa shape index (κ3) is 5.28. The van der Waals surface area contributed by atoms with Gasteiger partial charge in [-0.15, -0.1) is 0 Å². The van der Waals surface area contributed by atoms with Gasteiger partial charge in [0.05, 0.1) is 9.96 Å². The second kappa shape index (κ2) is 4.62. The van der Waals surface area contributed by atoms with Crippen LogP contribution in [0.2, 0.25) is 0 Å². The van der Waals surface area contributed by atoms with Gasteiger partial charge in [-0.05, 0) is 6.92 Å². The first-order valence-corrected chi connectivity index (χ1v) is 3.66. The zero-order chi connectivity index (χ0) is 8.85. The van der Waals surface area contributed by atoms with Crippen LogP contribution in [0.4, 0.5) is 0 Å². The molecule has 1 aromatic heterocycles. The number of hydrogen-bond acceptors (Lipinski definition) is 4. The third-order valence-electron chi connectivity index (χ3n) is 1.04. The van der Waals surface area contributed by atoms with Crippen molar-refractivity contribution >= 4 is 11.3 Å². The van der Waals surface area contributed by atoms with Crippen molar-refractivity contribution in [3.8, 4) is 0 Å². The van der Waals surface area contributed by atoms with Gasteiger partial charge in [-0.3, -0.25) is 0 Å². The van der Waals surface area contributed by atoms with E-state index in [0.717, 1.165) is 0 Å². The molecular weight excluding hydrogens is 168 g/mol. The Morgan fingerprint density at radius 3 is 2.09 bits per heavy atom. The molecule has 0 bridgehead atoms. The molecular formula is C5H8N2O3S. The molecule has 0 saturated heterocycles. The number of thiazole rings is 1. The summed E-state index contributed by atoms with van der Waals surface area (Å²) in [6.07, 6.45) is 0. The number of aromatic amines is 1. The Morgan fingerprint density at radius 1 is 1.55 bits per heavy atom. The zero-order valence-electron chi connectivity index (χ0n) is 6.16. The maximum Gasteiger partial charge on any atom is 0.223 e. The van der Waals surface area contributed by atoms with Crippen molar-refractivity contribution in [3.63, 3.8) is 0 Å². The van der Waals surface area contributed by atoms with Crippen LogP contribution in [0.15, 0.2) is 5.51 Å². The van der Waals surface area contributed by atoms with Crippen LogP contribution in [0.5, 0.6) is 0 Å². The normalized spacial score (nSPS) is 8.18.